The third kappa shape index (κ3) is 3.08. The number of pyridine rings is 2. The summed E-state index contributed by atoms with van der Waals surface area (Å²) in [4.78, 5) is 34.0. The fraction of sp³-hybridized carbons (Fsp3) is 0.0526. The van der Waals surface area contributed by atoms with Gasteiger partial charge in [-0.15, -0.1) is 0 Å². The van der Waals surface area contributed by atoms with E-state index in [0.29, 0.717) is 28.3 Å². The van der Waals surface area contributed by atoms with Crippen molar-refractivity contribution in [2.75, 3.05) is 10.6 Å². The Morgan fingerprint density at radius 1 is 1.21 bits per heavy atom. The number of carbonyl (C=O) groups excluding carboxylic acids is 1. The first-order valence-electron chi connectivity index (χ1n) is 8.11. The molecule has 0 spiro atoms. The highest BCUT2D eigenvalue weighted by atomic mass is 35.5. The van der Waals surface area contributed by atoms with E-state index in [1.54, 1.807) is 6.07 Å². The minimum Gasteiger partial charge on any atom is -0.363 e. The summed E-state index contributed by atoms with van der Waals surface area (Å²) in [5.41, 5.74) is 1.71. The molecular weight excluding hydrogens is 385 g/mol. The van der Waals surface area contributed by atoms with E-state index in [4.69, 9.17) is 18.2 Å². The van der Waals surface area contributed by atoms with E-state index in [1.165, 1.54) is 30.5 Å². The zero-order valence-corrected chi connectivity index (χ0v) is 14.9. The van der Waals surface area contributed by atoms with Crippen molar-refractivity contribution in [2.24, 2.45) is 0 Å². The lowest BCUT2D eigenvalue weighted by atomic mass is 10.1. The fourth-order valence-corrected chi connectivity index (χ4v) is 3.14. The molecule has 0 saturated carbocycles. The number of hydrogen-bond donors (Lipinski definition) is 3. The highest BCUT2D eigenvalue weighted by Crippen LogP contribution is 2.34. The van der Waals surface area contributed by atoms with E-state index in [1.807, 2.05) is 0 Å². The van der Waals surface area contributed by atoms with Crippen molar-refractivity contribution >= 4 is 40.5 Å². The second-order valence-corrected chi connectivity index (χ2v) is 6.46. The maximum atomic E-state index is 13.4. The Labute approximate surface area is 163 Å². The predicted octanol–water partition coefficient (Wildman–Crippen LogP) is 4.02. The van der Waals surface area contributed by atoms with Crippen LogP contribution in [0.2, 0.25) is 5.02 Å². The molecule has 3 N–H and O–H groups in total. The number of halogens is 2. The van der Waals surface area contributed by atoms with Gasteiger partial charge in [0.15, 0.2) is 0 Å². The lowest BCUT2D eigenvalue weighted by Crippen LogP contribution is -2.10. The number of aromatic nitrogens is 2. The van der Waals surface area contributed by atoms with E-state index in [-0.39, 0.29) is 28.7 Å². The van der Waals surface area contributed by atoms with E-state index < -0.39 is 11.4 Å². The Morgan fingerprint density at radius 3 is 2.79 bits per heavy atom. The van der Waals surface area contributed by atoms with Gasteiger partial charge in [0.05, 0.1) is 22.7 Å². The van der Waals surface area contributed by atoms with Crippen LogP contribution >= 0.6 is 11.6 Å². The van der Waals surface area contributed by atoms with Gasteiger partial charge in [0.25, 0.3) is 5.82 Å². The highest BCUT2D eigenvalue weighted by Gasteiger charge is 2.23. The molecule has 1 aromatic carbocycles. The number of benzene rings is 1. The largest absolute Gasteiger partial charge is 0.363 e. The fourth-order valence-electron chi connectivity index (χ4n) is 2.96. The molecule has 138 valence electrons. The maximum absolute atomic E-state index is 13.4. The van der Waals surface area contributed by atoms with Crippen LogP contribution in [-0.2, 0) is 11.2 Å². The van der Waals surface area contributed by atoms with Crippen molar-refractivity contribution < 1.29 is 9.18 Å². The number of aromatic amines is 1. The van der Waals surface area contributed by atoms with Gasteiger partial charge in [-0.1, -0.05) is 24.2 Å². The smallest absolute Gasteiger partial charge is 0.324 e. The molecule has 4 rings (SSSR count). The summed E-state index contributed by atoms with van der Waals surface area (Å²) in [5, 5.41) is 5.62. The lowest BCUT2D eigenvalue weighted by Gasteiger charge is -2.13. The molecule has 3 heterocycles. The minimum atomic E-state index is -0.595. The van der Waals surface area contributed by atoms with Gasteiger partial charge < -0.3 is 15.5 Å². The first kappa shape index (κ1) is 17.7. The topological polar surface area (TPSA) is 91.2 Å². The predicted molar refractivity (Wildman–Crippen MR) is 104 cm³/mol. The molecule has 0 saturated heterocycles. The van der Waals surface area contributed by atoms with E-state index in [9.17, 15) is 14.0 Å². The molecule has 0 bridgehead atoms. The van der Waals surface area contributed by atoms with Crippen LogP contribution in [0.15, 0.2) is 41.3 Å². The standard InChI is InChI=1S/C19H11ClFN5O2/c1-22-18-15(24-14-4-5-23-17-11(14)8-16(27)25-17)7-10(19(28)26-18)9-2-3-13(21)12(20)6-9/h2-7H,8H2,(H,26,28)(H2,23,24,25,27). The van der Waals surface area contributed by atoms with Gasteiger partial charge in [-0.05, 0) is 29.8 Å². The van der Waals surface area contributed by atoms with Crippen molar-refractivity contribution in [2.45, 2.75) is 6.42 Å². The first-order chi connectivity index (χ1) is 13.5. The summed E-state index contributed by atoms with van der Waals surface area (Å²) < 4.78 is 13.4. The zero-order chi connectivity index (χ0) is 19.8. The Bertz CT molecular complexity index is 1230. The highest BCUT2D eigenvalue weighted by molar-refractivity contribution is 6.31. The van der Waals surface area contributed by atoms with Crippen LogP contribution in [0.1, 0.15) is 5.56 Å². The van der Waals surface area contributed by atoms with Crippen LogP contribution in [0, 0.1) is 12.4 Å². The normalized spacial score (nSPS) is 12.2. The second-order valence-electron chi connectivity index (χ2n) is 6.05. The van der Waals surface area contributed by atoms with E-state index in [0.717, 1.165) is 0 Å². The number of H-pyrrole nitrogens is 1. The van der Waals surface area contributed by atoms with Gasteiger partial charge in [-0.3, -0.25) is 9.78 Å². The number of hydrogen-bond acceptors (Lipinski definition) is 4. The lowest BCUT2D eigenvalue weighted by molar-refractivity contribution is -0.115. The molecule has 0 atom stereocenters. The van der Waals surface area contributed by atoms with Gasteiger partial charge in [0.2, 0.25) is 5.91 Å². The molecule has 0 radical (unpaired) electrons. The summed E-state index contributed by atoms with van der Waals surface area (Å²) in [5.74, 6) is -0.313. The van der Waals surface area contributed by atoms with Crippen LogP contribution in [-0.4, -0.2) is 15.9 Å². The molecule has 0 fully saturated rings. The minimum absolute atomic E-state index is 0.00445. The van der Waals surface area contributed by atoms with E-state index in [2.05, 4.69) is 25.4 Å². The maximum Gasteiger partial charge on any atom is 0.324 e. The van der Waals surface area contributed by atoms with Crippen molar-refractivity contribution in [3.63, 3.8) is 0 Å². The third-order valence-corrected chi connectivity index (χ3v) is 4.57. The van der Waals surface area contributed by atoms with Gasteiger partial charge in [-0.25, -0.2) is 14.2 Å². The number of anilines is 3. The Hall–Kier alpha value is -3.70. The summed E-state index contributed by atoms with van der Waals surface area (Å²) in [6, 6.07) is 7.11. The molecular formula is C19H11ClFN5O2. The third-order valence-electron chi connectivity index (χ3n) is 4.28. The average molecular weight is 396 g/mol. The molecule has 1 aliphatic rings. The molecule has 28 heavy (non-hydrogen) atoms. The Kier molecular flexibility index (Phi) is 4.29. The van der Waals surface area contributed by atoms with Crippen LogP contribution in [0.3, 0.4) is 0 Å². The quantitative estimate of drug-likeness (QED) is 0.584. The summed E-state index contributed by atoms with van der Waals surface area (Å²) in [7, 11) is 0. The molecule has 9 heteroatoms. The summed E-state index contributed by atoms with van der Waals surface area (Å²) >= 11 is 5.82. The van der Waals surface area contributed by atoms with Crippen molar-refractivity contribution in [3.8, 4) is 11.1 Å². The molecule has 0 unspecified atom stereocenters. The molecule has 1 amide bonds. The van der Waals surface area contributed by atoms with Crippen LogP contribution in [0.25, 0.3) is 16.0 Å². The van der Waals surface area contributed by atoms with Crippen molar-refractivity contribution in [3.05, 3.63) is 74.7 Å². The first-order valence-corrected chi connectivity index (χ1v) is 8.49. The van der Waals surface area contributed by atoms with E-state index >= 15 is 0 Å². The molecule has 3 aromatic rings. The zero-order valence-electron chi connectivity index (χ0n) is 14.1. The molecule has 7 nitrogen and oxygen atoms in total. The number of nitrogens with zero attached hydrogens (tertiary/aromatic N) is 2. The van der Waals surface area contributed by atoms with Gasteiger partial charge in [0, 0.05) is 17.4 Å². The average Bonchev–Trinajstić information content (AvgIpc) is 3.06. The summed E-state index contributed by atoms with van der Waals surface area (Å²) in [6.45, 7) is 7.33. The Balaban J connectivity index is 1.81. The number of nitrogens with one attached hydrogen (secondary N) is 3. The van der Waals surface area contributed by atoms with Gasteiger partial charge >= 0.3 is 5.56 Å². The van der Waals surface area contributed by atoms with Crippen molar-refractivity contribution in [1.82, 2.24) is 9.97 Å². The number of carbonyl (C=O) groups is 1. The monoisotopic (exact) mass is 395 g/mol. The second kappa shape index (κ2) is 6.79. The molecule has 0 aliphatic carbocycles. The van der Waals surface area contributed by atoms with Crippen molar-refractivity contribution in [1.29, 1.82) is 0 Å². The SMILES string of the molecule is [C-]#[N+]c1[nH]c(=O)c(-c2ccc(F)c(Cl)c2)cc1Nc1ccnc2c1CC(=O)N2. The molecule has 1 aliphatic heterocycles. The van der Waals surface area contributed by atoms with Crippen LogP contribution < -0.4 is 16.2 Å². The number of fused-ring (bicyclic) bond motifs is 1. The van der Waals surface area contributed by atoms with Crippen LogP contribution in [0.4, 0.5) is 27.4 Å². The van der Waals surface area contributed by atoms with Gasteiger partial charge in [0.1, 0.15) is 11.6 Å². The summed E-state index contributed by atoms with van der Waals surface area (Å²) in [6.07, 6.45) is 1.68. The number of amides is 1. The van der Waals surface area contributed by atoms with Crippen LogP contribution in [0.5, 0.6) is 0 Å². The number of rotatable bonds is 3. The molecule has 2 aromatic heterocycles. The van der Waals surface area contributed by atoms with Gasteiger partial charge in [-0.2, -0.15) is 0 Å². The Morgan fingerprint density at radius 2 is 2.04 bits per heavy atom.